The summed E-state index contributed by atoms with van der Waals surface area (Å²) in [6, 6.07) is 28.3. The van der Waals surface area contributed by atoms with Crippen LogP contribution in [-0.2, 0) is 32.6 Å². The van der Waals surface area contributed by atoms with Gasteiger partial charge in [0.15, 0.2) is 0 Å². The number of hydrogen-bond acceptors (Lipinski definition) is 4. The van der Waals surface area contributed by atoms with Crippen LogP contribution in [0.5, 0.6) is 0 Å². The molecule has 45 heavy (non-hydrogen) atoms. The standard InChI is InChI=1S/C35H37Cl2N3O4S/c1-4-26(3)38-35(42)33(21-27-13-7-5-8-14-27)39(23-28-15-11-12-25(2)20-28)34(41)24-40(32-22-29(36)18-19-31(32)37)45(43,44)30-16-9-6-10-17-30/h5-20,22,26,33H,4,21,23-24H2,1-3H3,(H,38,42). The molecule has 7 nitrogen and oxygen atoms in total. The zero-order valence-electron chi connectivity index (χ0n) is 25.5. The van der Waals surface area contributed by atoms with E-state index in [1.54, 1.807) is 24.3 Å². The smallest absolute Gasteiger partial charge is 0.264 e. The van der Waals surface area contributed by atoms with E-state index in [-0.39, 0.29) is 45.5 Å². The summed E-state index contributed by atoms with van der Waals surface area (Å²) in [7, 11) is -4.29. The molecule has 0 aliphatic carbocycles. The second kappa shape index (κ2) is 15.4. The van der Waals surface area contributed by atoms with Gasteiger partial charge in [-0.2, -0.15) is 0 Å². The van der Waals surface area contributed by atoms with Gasteiger partial charge >= 0.3 is 0 Å². The minimum atomic E-state index is -4.29. The van der Waals surface area contributed by atoms with Crippen LogP contribution in [0.3, 0.4) is 0 Å². The summed E-state index contributed by atoms with van der Waals surface area (Å²) in [5.74, 6) is -0.903. The number of anilines is 1. The molecule has 0 aliphatic heterocycles. The fourth-order valence-corrected chi connectivity index (χ4v) is 6.79. The van der Waals surface area contributed by atoms with E-state index >= 15 is 0 Å². The highest BCUT2D eigenvalue weighted by molar-refractivity contribution is 7.92. The molecular weight excluding hydrogens is 629 g/mol. The lowest BCUT2D eigenvalue weighted by Gasteiger charge is -2.34. The van der Waals surface area contributed by atoms with Crippen molar-refractivity contribution in [3.63, 3.8) is 0 Å². The van der Waals surface area contributed by atoms with Crippen LogP contribution in [-0.4, -0.2) is 43.8 Å². The Morgan fingerprint density at radius 3 is 2.13 bits per heavy atom. The number of nitrogens with zero attached hydrogens (tertiary/aromatic N) is 2. The third kappa shape index (κ3) is 8.87. The zero-order chi connectivity index (χ0) is 32.6. The van der Waals surface area contributed by atoms with Gasteiger partial charge in [-0.1, -0.05) is 108 Å². The Morgan fingerprint density at radius 1 is 0.844 bits per heavy atom. The van der Waals surface area contributed by atoms with E-state index in [4.69, 9.17) is 23.2 Å². The molecule has 0 bridgehead atoms. The van der Waals surface area contributed by atoms with E-state index in [0.717, 1.165) is 21.0 Å². The number of carbonyl (C=O) groups excluding carboxylic acids is 2. The number of hydrogen-bond donors (Lipinski definition) is 1. The lowest BCUT2D eigenvalue weighted by atomic mass is 10.0. The van der Waals surface area contributed by atoms with Crippen molar-refractivity contribution in [2.75, 3.05) is 10.8 Å². The largest absolute Gasteiger partial charge is 0.352 e. The highest BCUT2D eigenvalue weighted by Gasteiger charge is 2.35. The van der Waals surface area contributed by atoms with E-state index in [2.05, 4.69) is 5.32 Å². The lowest BCUT2D eigenvalue weighted by molar-refractivity contribution is -0.140. The fourth-order valence-electron chi connectivity index (χ4n) is 4.91. The number of carbonyl (C=O) groups is 2. The third-order valence-corrected chi connectivity index (χ3v) is 9.82. The van der Waals surface area contributed by atoms with Crippen LogP contribution >= 0.6 is 23.2 Å². The minimum absolute atomic E-state index is 0.0191. The topological polar surface area (TPSA) is 86.8 Å². The average molecular weight is 667 g/mol. The van der Waals surface area contributed by atoms with Gasteiger partial charge in [0.05, 0.1) is 15.6 Å². The van der Waals surface area contributed by atoms with Gasteiger partial charge in [-0.3, -0.25) is 13.9 Å². The van der Waals surface area contributed by atoms with Gasteiger partial charge in [0, 0.05) is 24.0 Å². The lowest BCUT2D eigenvalue weighted by Crippen LogP contribution is -2.54. The first-order valence-electron chi connectivity index (χ1n) is 14.7. The maximum absolute atomic E-state index is 14.5. The van der Waals surface area contributed by atoms with E-state index in [9.17, 15) is 18.0 Å². The molecule has 236 valence electrons. The minimum Gasteiger partial charge on any atom is -0.352 e. The van der Waals surface area contributed by atoms with E-state index in [0.29, 0.717) is 6.42 Å². The Labute approximate surface area is 275 Å². The summed E-state index contributed by atoms with van der Waals surface area (Å²) < 4.78 is 29.2. The van der Waals surface area contributed by atoms with Crippen molar-refractivity contribution in [1.29, 1.82) is 0 Å². The Balaban J connectivity index is 1.83. The van der Waals surface area contributed by atoms with Gasteiger partial charge < -0.3 is 10.2 Å². The van der Waals surface area contributed by atoms with Crippen LogP contribution in [0.1, 0.15) is 37.0 Å². The summed E-state index contributed by atoms with van der Waals surface area (Å²) >= 11 is 12.8. The van der Waals surface area contributed by atoms with Crippen LogP contribution in [0.15, 0.2) is 108 Å². The molecule has 0 heterocycles. The van der Waals surface area contributed by atoms with Gasteiger partial charge in [0.25, 0.3) is 10.0 Å². The highest BCUT2D eigenvalue weighted by Crippen LogP contribution is 2.33. The van der Waals surface area contributed by atoms with Crippen LogP contribution in [0.25, 0.3) is 0 Å². The van der Waals surface area contributed by atoms with E-state index in [1.807, 2.05) is 75.4 Å². The normalized spacial score (nSPS) is 12.6. The van der Waals surface area contributed by atoms with Gasteiger partial charge in [-0.15, -0.1) is 0 Å². The molecule has 2 amide bonds. The van der Waals surface area contributed by atoms with Crippen LogP contribution in [0, 0.1) is 6.92 Å². The summed E-state index contributed by atoms with van der Waals surface area (Å²) in [6.45, 7) is 5.27. The second-order valence-corrected chi connectivity index (χ2v) is 13.7. The molecule has 0 aliphatic rings. The fraction of sp³-hybridized carbons (Fsp3) is 0.257. The molecule has 0 saturated carbocycles. The molecule has 4 aromatic carbocycles. The molecule has 0 saturated heterocycles. The third-order valence-electron chi connectivity index (χ3n) is 7.49. The zero-order valence-corrected chi connectivity index (χ0v) is 27.8. The van der Waals surface area contributed by atoms with E-state index < -0.39 is 28.5 Å². The first kappa shape index (κ1) is 34.0. The number of nitrogens with one attached hydrogen (secondary N) is 1. The maximum atomic E-state index is 14.5. The first-order valence-corrected chi connectivity index (χ1v) is 16.9. The summed E-state index contributed by atoms with van der Waals surface area (Å²) in [5, 5.41) is 3.39. The summed E-state index contributed by atoms with van der Waals surface area (Å²) in [5.41, 5.74) is 2.70. The van der Waals surface area contributed by atoms with E-state index in [1.165, 1.54) is 29.2 Å². The Kier molecular flexibility index (Phi) is 11.7. The van der Waals surface area contributed by atoms with Crippen LogP contribution in [0.2, 0.25) is 10.0 Å². The molecule has 1 N–H and O–H groups in total. The number of benzene rings is 4. The van der Waals surface area contributed by atoms with Crippen LogP contribution in [0.4, 0.5) is 5.69 Å². The van der Waals surface area contributed by atoms with Crippen LogP contribution < -0.4 is 9.62 Å². The van der Waals surface area contributed by atoms with Crippen molar-refractivity contribution in [3.05, 3.63) is 130 Å². The molecule has 4 rings (SSSR count). The first-order chi connectivity index (χ1) is 21.5. The monoisotopic (exact) mass is 665 g/mol. The molecule has 0 fully saturated rings. The van der Waals surface area contributed by atoms with Gasteiger partial charge in [-0.25, -0.2) is 8.42 Å². The SMILES string of the molecule is CCC(C)NC(=O)C(Cc1ccccc1)N(Cc1cccc(C)c1)C(=O)CN(c1cc(Cl)ccc1Cl)S(=O)(=O)c1ccccc1. The van der Waals surface area contributed by atoms with Crippen molar-refractivity contribution in [3.8, 4) is 0 Å². The Bertz CT molecular complexity index is 1720. The molecule has 2 atom stereocenters. The predicted octanol–water partition coefficient (Wildman–Crippen LogP) is 7.05. The molecule has 4 aromatic rings. The number of rotatable bonds is 13. The van der Waals surface area contributed by atoms with Crippen molar-refractivity contribution in [2.24, 2.45) is 0 Å². The predicted molar refractivity (Wildman–Crippen MR) is 181 cm³/mol. The Hall–Kier alpha value is -3.85. The molecule has 10 heteroatoms. The molecular formula is C35H37Cl2N3O4S. The molecule has 0 spiro atoms. The van der Waals surface area contributed by atoms with Crippen molar-refractivity contribution >= 4 is 50.7 Å². The average Bonchev–Trinajstić information content (AvgIpc) is 3.03. The second-order valence-electron chi connectivity index (χ2n) is 11.0. The summed E-state index contributed by atoms with van der Waals surface area (Å²) in [4.78, 5) is 29.9. The number of aryl methyl sites for hydroxylation is 1. The van der Waals surface area contributed by atoms with Crippen molar-refractivity contribution < 1.29 is 18.0 Å². The Morgan fingerprint density at radius 2 is 1.49 bits per heavy atom. The highest BCUT2D eigenvalue weighted by atomic mass is 35.5. The molecule has 2 unspecified atom stereocenters. The number of halogens is 2. The van der Waals surface area contributed by atoms with Gasteiger partial charge in [0.1, 0.15) is 12.6 Å². The van der Waals surface area contributed by atoms with Crippen molar-refractivity contribution in [2.45, 2.75) is 57.1 Å². The summed E-state index contributed by atoms with van der Waals surface area (Å²) in [6.07, 6.45) is 0.927. The number of sulfonamides is 1. The molecule has 0 aromatic heterocycles. The number of amides is 2. The molecule has 0 radical (unpaired) electrons. The quantitative estimate of drug-likeness (QED) is 0.166. The van der Waals surface area contributed by atoms with Gasteiger partial charge in [0.2, 0.25) is 11.8 Å². The van der Waals surface area contributed by atoms with Crippen molar-refractivity contribution in [1.82, 2.24) is 10.2 Å². The van der Waals surface area contributed by atoms with Gasteiger partial charge in [-0.05, 0) is 61.7 Å². The maximum Gasteiger partial charge on any atom is 0.264 e.